The maximum absolute atomic E-state index is 11.2. The molecule has 1 aromatic carbocycles. The molecule has 0 aliphatic rings. The van der Waals surface area contributed by atoms with Crippen LogP contribution in [0.4, 0.5) is 11.5 Å². The van der Waals surface area contributed by atoms with E-state index in [9.17, 15) is 9.90 Å². The van der Waals surface area contributed by atoms with E-state index in [4.69, 9.17) is 0 Å². The molecule has 0 aliphatic carbocycles. The van der Waals surface area contributed by atoms with Crippen molar-refractivity contribution in [2.75, 3.05) is 11.9 Å². The summed E-state index contributed by atoms with van der Waals surface area (Å²) >= 11 is 0. The quantitative estimate of drug-likeness (QED) is 0.921. The number of carbonyl (C=O) groups is 1. The fourth-order valence-corrected chi connectivity index (χ4v) is 1.91. The topological polar surface area (TPSA) is 53.4 Å². The fraction of sp³-hybridized carbons (Fsp3) is 0.250. The lowest BCUT2D eigenvalue weighted by molar-refractivity contribution is 0.0696. The molecule has 0 radical (unpaired) electrons. The Kier molecular flexibility index (Phi) is 4.03. The third-order valence-electron chi connectivity index (χ3n) is 3.16. The van der Waals surface area contributed by atoms with Crippen molar-refractivity contribution in [1.82, 2.24) is 4.98 Å². The normalized spacial score (nSPS) is 10.6. The number of benzene rings is 1. The van der Waals surface area contributed by atoms with Crippen molar-refractivity contribution >= 4 is 17.5 Å². The summed E-state index contributed by atoms with van der Waals surface area (Å²) in [7, 11) is 1.88. The van der Waals surface area contributed by atoms with Crippen LogP contribution in [0.2, 0.25) is 0 Å². The van der Waals surface area contributed by atoms with E-state index in [-0.39, 0.29) is 11.5 Å². The number of rotatable bonds is 4. The second-order valence-electron chi connectivity index (χ2n) is 4.99. The Hall–Kier alpha value is -2.36. The number of carboxylic acids is 1. The van der Waals surface area contributed by atoms with Gasteiger partial charge in [0.15, 0.2) is 0 Å². The number of aromatic nitrogens is 1. The van der Waals surface area contributed by atoms with Crippen molar-refractivity contribution in [3.63, 3.8) is 0 Å². The molecule has 4 nitrogen and oxygen atoms in total. The zero-order chi connectivity index (χ0) is 14.7. The highest BCUT2D eigenvalue weighted by Gasteiger charge is 2.13. The van der Waals surface area contributed by atoms with Crippen LogP contribution < -0.4 is 4.90 Å². The standard InChI is InChI=1S/C16H18N2O2/c1-11(2)14-9-12(16(19)20)10-15(17-14)18(3)13-7-5-4-6-8-13/h4-11H,1-3H3,(H,19,20). The van der Waals surface area contributed by atoms with E-state index in [0.717, 1.165) is 11.4 Å². The van der Waals surface area contributed by atoms with E-state index in [1.54, 1.807) is 12.1 Å². The zero-order valence-electron chi connectivity index (χ0n) is 11.9. The van der Waals surface area contributed by atoms with Crippen LogP contribution in [0.25, 0.3) is 0 Å². The van der Waals surface area contributed by atoms with Crippen LogP contribution in [-0.4, -0.2) is 23.1 Å². The second-order valence-corrected chi connectivity index (χ2v) is 4.99. The molecule has 4 heteroatoms. The Morgan fingerprint density at radius 3 is 2.40 bits per heavy atom. The molecular formula is C16H18N2O2. The van der Waals surface area contributed by atoms with Gasteiger partial charge in [0.05, 0.1) is 5.56 Å². The largest absolute Gasteiger partial charge is 0.478 e. The number of hydrogen-bond donors (Lipinski definition) is 1. The number of carboxylic acid groups (broad SMARTS) is 1. The number of anilines is 2. The van der Waals surface area contributed by atoms with Crippen LogP contribution in [-0.2, 0) is 0 Å². The Balaban J connectivity index is 2.48. The van der Waals surface area contributed by atoms with Crippen LogP contribution in [0.15, 0.2) is 42.5 Å². The Morgan fingerprint density at radius 1 is 1.20 bits per heavy atom. The number of aromatic carboxylic acids is 1. The van der Waals surface area contributed by atoms with E-state index in [1.165, 1.54) is 0 Å². The number of hydrogen-bond acceptors (Lipinski definition) is 3. The summed E-state index contributed by atoms with van der Waals surface area (Å²) in [5.41, 5.74) is 2.02. The first-order valence-electron chi connectivity index (χ1n) is 6.53. The van der Waals surface area contributed by atoms with Crippen molar-refractivity contribution in [2.45, 2.75) is 19.8 Å². The summed E-state index contributed by atoms with van der Waals surface area (Å²) in [6.07, 6.45) is 0. The van der Waals surface area contributed by atoms with Gasteiger partial charge >= 0.3 is 5.97 Å². The molecule has 0 unspecified atom stereocenters. The van der Waals surface area contributed by atoms with E-state index in [0.29, 0.717) is 5.82 Å². The molecule has 104 valence electrons. The van der Waals surface area contributed by atoms with Crippen LogP contribution in [0.3, 0.4) is 0 Å². The first-order valence-corrected chi connectivity index (χ1v) is 6.53. The first-order chi connectivity index (χ1) is 9.49. The van der Waals surface area contributed by atoms with Crippen molar-refractivity contribution in [2.24, 2.45) is 0 Å². The van der Waals surface area contributed by atoms with Crippen molar-refractivity contribution in [3.05, 3.63) is 53.7 Å². The highest BCUT2D eigenvalue weighted by molar-refractivity contribution is 5.89. The molecule has 2 aromatic rings. The average Bonchev–Trinajstić information content (AvgIpc) is 2.46. The number of para-hydroxylation sites is 1. The van der Waals surface area contributed by atoms with Gasteiger partial charge in [-0.05, 0) is 30.2 Å². The monoisotopic (exact) mass is 270 g/mol. The predicted molar refractivity (Wildman–Crippen MR) is 79.8 cm³/mol. The first kappa shape index (κ1) is 14.1. The van der Waals surface area contributed by atoms with Gasteiger partial charge < -0.3 is 10.0 Å². The third-order valence-corrected chi connectivity index (χ3v) is 3.16. The highest BCUT2D eigenvalue weighted by Crippen LogP contribution is 2.25. The van der Waals surface area contributed by atoms with Crippen molar-refractivity contribution in [1.29, 1.82) is 0 Å². The fourth-order valence-electron chi connectivity index (χ4n) is 1.91. The summed E-state index contributed by atoms with van der Waals surface area (Å²) in [5.74, 6) is -0.117. The summed E-state index contributed by atoms with van der Waals surface area (Å²) in [5, 5.41) is 9.22. The van der Waals surface area contributed by atoms with Gasteiger partial charge in [0.1, 0.15) is 5.82 Å². The lowest BCUT2D eigenvalue weighted by atomic mass is 10.1. The predicted octanol–water partition coefficient (Wildman–Crippen LogP) is 3.67. The molecule has 0 saturated heterocycles. The maximum Gasteiger partial charge on any atom is 0.335 e. The van der Waals surface area contributed by atoms with E-state index in [2.05, 4.69) is 4.98 Å². The van der Waals surface area contributed by atoms with Gasteiger partial charge in [0, 0.05) is 18.4 Å². The maximum atomic E-state index is 11.2. The molecule has 1 aromatic heterocycles. The molecule has 1 heterocycles. The molecule has 0 amide bonds. The van der Waals surface area contributed by atoms with Gasteiger partial charge in [0.25, 0.3) is 0 Å². The third kappa shape index (κ3) is 2.96. The SMILES string of the molecule is CC(C)c1cc(C(=O)O)cc(N(C)c2ccccc2)n1. The minimum absolute atomic E-state index is 0.178. The van der Waals surface area contributed by atoms with Gasteiger partial charge in [-0.2, -0.15) is 0 Å². The molecule has 1 N–H and O–H groups in total. The molecule has 0 spiro atoms. The lowest BCUT2D eigenvalue weighted by Gasteiger charge is -2.20. The average molecular weight is 270 g/mol. The smallest absolute Gasteiger partial charge is 0.335 e. The summed E-state index contributed by atoms with van der Waals surface area (Å²) in [6.45, 7) is 4.00. The van der Waals surface area contributed by atoms with Crippen LogP contribution in [0.1, 0.15) is 35.8 Å². The van der Waals surface area contributed by atoms with E-state index in [1.807, 2.05) is 56.1 Å². The van der Waals surface area contributed by atoms with Gasteiger partial charge in [0.2, 0.25) is 0 Å². The molecule has 0 saturated carbocycles. The van der Waals surface area contributed by atoms with Crippen molar-refractivity contribution < 1.29 is 9.90 Å². The molecule has 0 fully saturated rings. The Labute approximate surface area is 118 Å². The van der Waals surface area contributed by atoms with Crippen LogP contribution in [0.5, 0.6) is 0 Å². The van der Waals surface area contributed by atoms with Crippen molar-refractivity contribution in [3.8, 4) is 0 Å². The molecular weight excluding hydrogens is 252 g/mol. The Morgan fingerprint density at radius 2 is 1.85 bits per heavy atom. The number of pyridine rings is 1. The zero-order valence-corrected chi connectivity index (χ0v) is 11.9. The lowest BCUT2D eigenvalue weighted by Crippen LogP contribution is -2.14. The van der Waals surface area contributed by atoms with Gasteiger partial charge in [-0.15, -0.1) is 0 Å². The van der Waals surface area contributed by atoms with E-state index < -0.39 is 5.97 Å². The number of nitrogens with zero attached hydrogens (tertiary/aromatic N) is 2. The van der Waals surface area contributed by atoms with Crippen LogP contribution in [0, 0.1) is 0 Å². The van der Waals surface area contributed by atoms with E-state index >= 15 is 0 Å². The highest BCUT2D eigenvalue weighted by atomic mass is 16.4. The molecule has 0 atom stereocenters. The van der Waals surface area contributed by atoms with Crippen LogP contribution >= 0.6 is 0 Å². The molecule has 0 aliphatic heterocycles. The second kappa shape index (κ2) is 5.74. The molecule has 0 bridgehead atoms. The summed E-state index contributed by atoms with van der Waals surface area (Å²) in [6, 6.07) is 13.0. The summed E-state index contributed by atoms with van der Waals surface area (Å²) in [4.78, 5) is 17.7. The molecule has 20 heavy (non-hydrogen) atoms. The Bertz CT molecular complexity index is 609. The van der Waals surface area contributed by atoms with Gasteiger partial charge in [-0.3, -0.25) is 0 Å². The minimum atomic E-state index is -0.933. The van der Waals surface area contributed by atoms with Gasteiger partial charge in [-0.25, -0.2) is 9.78 Å². The summed E-state index contributed by atoms with van der Waals surface area (Å²) < 4.78 is 0. The molecule has 2 rings (SSSR count). The minimum Gasteiger partial charge on any atom is -0.478 e. The van der Waals surface area contributed by atoms with Gasteiger partial charge in [-0.1, -0.05) is 32.0 Å².